The molecule has 5 heteroatoms. The molecule has 1 aliphatic heterocycles. The predicted molar refractivity (Wildman–Crippen MR) is 59.5 cm³/mol. The van der Waals surface area contributed by atoms with E-state index < -0.39 is 5.97 Å². The van der Waals surface area contributed by atoms with Crippen LogP contribution in [0.3, 0.4) is 0 Å². The molecule has 0 bridgehead atoms. The summed E-state index contributed by atoms with van der Waals surface area (Å²) < 4.78 is 1.46. The fourth-order valence-corrected chi connectivity index (χ4v) is 2.99. The van der Waals surface area contributed by atoms with E-state index in [2.05, 4.69) is 5.10 Å². The largest absolute Gasteiger partial charge is 0.477 e. The Bertz CT molecular complexity index is 369. The second-order valence-electron chi connectivity index (χ2n) is 3.77. The van der Waals surface area contributed by atoms with Crippen LogP contribution in [-0.2, 0) is 7.05 Å². The molecule has 0 radical (unpaired) electrons. The lowest BCUT2D eigenvalue weighted by Crippen LogP contribution is -2.08. The summed E-state index contributed by atoms with van der Waals surface area (Å²) in [5.41, 5.74) is 1.22. The monoisotopic (exact) mass is 226 g/mol. The highest BCUT2D eigenvalue weighted by Crippen LogP contribution is 2.30. The van der Waals surface area contributed by atoms with Crippen molar-refractivity contribution < 1.29 is 9.90 Å². The summed E-state index contributed by atoms with van der Waals surface area (Å²) in [5.74, 6) is 1.86. The molecule has 1 fully saturated rings. The zero-order valence-corrected chi connectivity index (χ0v) is 9.46. The van der Waals surface area contributed by atoms with Crippen LogP contribution in [0, 0.1) is 0 Å². The van der Waals surface area contributed by atoms with Gasteiger partial charge in [0.05, 0.1) is 5.69 Å². The molecule has 1 aromatic heterocycles. The number of thioether (sulfide) groups is 1. The van der Waals surface area contributed by atoms with Gasteiger partial charge in [-0.25, -0.2) is 4.79 Å². The van der Waals surface area contributed by atoms with E-state index in [0.29, 0.717) is 5.92 Å². The molecule has 0 aliphatic carbocycles. The van der Waals surface area contributed by atoms with E-state index in [0.717, 1.165) is 30.0 Å². The van der Waals surface area contributed by atoms with Gasteiger partial charge in [0.25, 0.3) is 0 Å². The molecule has 1 N–H and O–H groups in total. The van der Waals surface area contributed by atoms with Crippen LogP contribution in [0.4, 0.5) is 0 Å². The van der Waals surface area contributed by atoms with Gasteiger partial charge in [0.15, 0.2) is 0 Å². The SMILES string of the molecule is Cn1nc(C2CCSCC2)cc1C(=O)O. The third-order valence-corrected chi connectivity index (χ3v) is 3.81. The van der Waals surface area contributed by atoms with E-state index in [1.54, 1.807) is 13.1 Å². The summed E-state index contributed by atoms with van der Waals surface area (Å²) >= 11 is 1.96. The minimum absolute atomic E-state index is 0.281. The van der Waals surface area contributed by atoms with Crippen molar-refractivity contribution >= 4 is 17.7 Å². The van der Waals surface area contributed by atoms with Gasteiger partial charge < -0.3 is 5.11 Å². The van der Waals surface area contributed by atoms with Crippen molar-refractivity contribution in [3.63, 3.8) is 0 Å². The van der Waals surface area contributed by atoms with Crippen LogP contribution in [-0.4, -0.2) is 32.4 Å². The molecule has 1 saturated heterocycles. The Kier molecular flexibility index (Phi) is 3.00. The van der Waals surface area contributed by atoms with Crippen LogP contribution < -0.4 is 0 Å². The normalized spacial score (nSPS) is 17.9. The zero-order chi connectivity index (χ0) is 10.8. The van der Waals surface area contributed by atoms with Crippen LogP contribution in [0.1, 0.15) is 34.9 Å². The first-order valence-electron chi connectivity index (χ1n) is 5.03. The quantitative estimate of drug-likeness (QED) is 0.834. The first kappa shape index (κ1) is 10.5. The molecule has 1 aromatic rings. The van der Waals surface area contributed by atoms with E-state index in [9.17, 15) is 4.79 Å². The lowest BCUT2D eigenvalue weighted by atomic mass is 9.99. The summed E-state index contributed by atoms with van der Waals surface area (Å²) in [5, 5.41) is 13.2. The summed E-state index contributed by atoms with van der Waals surface area (Å²) in [7, 11) is 1.69. The summed E-state index contributed by atoms with van der Waals surface area (Å²) in [6.45, 7) is 0. The van der Waals surface area contributed by atoms with Crippen molar-refractivity contribution in [1.29, 1.82) is 0 Å². The topological polar surface area (TPSA) is 55.1 Å². The number of aryl methyl sites for hydroxylation is 1. The van der Waals surface area contributed by atoms with E-state index >= 15 is 0 Å². The van der Waals surface area contributed by atoms with Gasteiger partial charge in [-0.3, -0.25) is 4.68 Å². The highest BCUT2D eigenvalue weighted by atomic mass is 32.2. The van der Waals surface area contributed by atoms with Crippen molar-refractivity contribution in [3.8, 4) is 0 Å². The van der Waals surface area contributed by atoms with E-state index in [-0.39, 0.29) is 5.69 Å². The van der Waals surface area contributed by atoms with Gasteiger partial charge in [-0.05, 0) is 30.4 Å². The van der Waals surface area contributed by atoms with Crippen LogP contribution in [0.5, 0.6) is 0 Å². The molecule has 1 aliphatic rings. The highest BCUT2D eigenvalue weighted by Gasteiger charge is 2.21. The van der Waals surface area contributed by atoms with Gasteiger partial charge in [0, 0.05) is 13.0 Å². The Labute approximate surface area is 92.7 Å². The number of carboxylic acids is 1. The Hall–Kier alpha value is -0.970. The number of hydrogen-bond acceptors (Lipinski definition) is 3. The second-order valence-corrected chi connectivity index (χ2v) is 4.99. The maximum absolute atomic E-state index is 10.9. The second kappa shape index (κ2) is 4.26. The van der Waals surface area contributed by atoms with Crippen LogP contribution in [0.2, 0.25) is 0 Å². The zero-order valence-electron chi connectivity index (χ0n) is 8.64. The van der Waals surface area contributed by atoms with Crippen molar-refractivity contribution in [1.82, 2.24) is 9.78 Å². The fraction of sp³-hybridized carbons (Fsp3) is 0.600. The number of nitrogens with zero attached hydrogens (tertiary/aromatic N) is 2. The van der Waals surface area contributed by atoms with Gasteiger partial charge in [-0.1, -0.05) is 0 Å². The summed E-state index contributed by atoms with van der Waals surface area (Å²) in [6, 6.07) is 1.71. The van der Waals surface area contributed by atoms with Gasteiger partial charge in [-0.15, -0.1) is 0 Å². The Morgan fingerprint density at radius 1 is 1.60 bits per heavy atom. The Morgan fingerprint density at radius 2 is 2.27 bits per heavy atom. The molecule has 0 saturated carbocycles. The van der Waals surface area contributed by atoms with Crippen molar-refractivity contribution in [2.24, 2.45) is 7.05 Å². The van der Waals surface area contributed by atoms with Crippen LogP contribution >= 0.6 is 11.8 Å². The number of carbonyl (C=O) groups is 1. The Morgan fingerprint density at radius 3 is 2.80 bits per heavy atom. The summed E-state index contributed by atoms with van der Waals surface area (Å²) in [6.07, 6.45) is 2.22. The highest BCUT2D eigenvalue weighted by molar-refractivity contribution is 7.99. The fourth-order valence-electron chi connectivity index (χ4n) is 1.88. The average Bonchev–Trinajstić information content (AvgIpc) is 2.62. The molecule has 2 heterocycles. The van der Waals surface area contributed by atoms with Crippen LogP contribution in [0.15, 0.2) is 6.07 Å². The van der Waals surface area contributed by atoms with Gasteiger partial charge >= 0.3 is 5.97 Å². The molecule has 82 valence electrons. The minimum Gasteiger partial charge on any atom is -0.477 e. The molecule has 4 nitrogen and oxygen atoms in total. The molecule has 0 atom stereocenters. The predicted octanol–water partition coefficient (Wildman–Crippen LogP) is 1.73. The number of aromatic nitrogens is 2. The molecular formula is C10H14N2O2S. The molecule has 0 amide bonds. The first-order chi connectivity index (χ1) is 7.18. The molecule has 0 spiro atoms. The van der Waals surface area contributed by atoms with Gasteiger partial charge in [0.2, 0.25) is 0 Å². The van der Waals surface area contributed by atoms with Crippen molar-refractivity contribution in [2.75, 3.05) is 11.5 Å². The molecule has 2 rings (SSSR count). The number of aromatic carboxylic acids is 1. The van der Waals surface area contributed by atoms with E-state index in [1.807, 2.05) is 11.8 Å². The van der Waals surface area contributed by atoms with Gasteiger partial charge in [-0.2, -0.15) is 16.9 Å². The van der Waals surface area contributed by atoms with Crippen molar-refractivity contribution in [2.45, 2.75) is 18.8 Å². The molecule has 0 unspecified atom stereocenters. The molecule has 15 heavy (non-hydrogen) atoms. The standard InChI is InChI=1S/C10H14N2O2S/c1-12-9(10(13)14)6-8(11-12)7-2-4-15-5-3-7/h6-7H,2-5H2,1H3,(H,13,14). The molecular weight excluding hydrogens is 212 g/mol. The van der Waals surface area contributed by atoms with E-state index in [4.69, 9.17) is 5.11 Å². The average molecular weight is 226 g/mol. The third kappa shape index (κ3) is 2.17. The molecule has 0 aromatic carbocycles. The van der Waals surface area contributed by atoms with Gasteiger partial charge in [0.1, 0.15) is 5.69 Å². The maximum Gasteiger partial charge on any atom is 0.354 e. The smallest absolute Gasteiger partial charge is 0.354 e. The first-order valence-corrected chi connectivity index (χ1v) is 6.19. The minimum atomic E-state index is -0.901. The summed E-state index contributed by atoms with van der Waals surface area (Å²) in [4.78, 5) is 10.9. The maximum atomic E-state index is 10.9. The van der Waals surface area contributed by atoms with Crippen molar-refractivity contribution in [3.05, 3.63) is 17.5 Å². The third-order valence-electron chi connectivity index (χ3n) is 2.76. The lowest BCUT2D eigenvalue weighted by Gasteiger charge is -2.18. The lowest BCUT2D eigenvalue weighted by molar-refractivity contribution is 0.0685. The Balaban J connectivity index is 2.21. The number of hydrogen-bond donors (Lipinski definition) is 1. The van der Waals surface area contributed by atoms with E-state index in [1.165, 1.54) is 4.68 Å². The number of rotatable bonds is 2. The van der Waals surface area contributed by atoms with Crippen LogP contribution in [0.25, 0.3) is 0 Å². The number of carboxylic acid groups (broad SMARTS) is 1.